The summed E-state index contributed by atoms with van der Waals surface area (Å²) < 4.78 is 5.62. The van der Waals surface area contributed by atoms with Crippen molar-refractivity contribution in [1.29, 1.82) is 0 Å². The quantitative estimate of drug-likeness (QED) is 0.837. The predicted octanol–water partition coefficient (Wildman–Crippen LogP) is 1.86. The van der Waals surface area contributed by atoms with E-state index < -0.39 is 17.9 Å². The van der Waals surface area contributed by atoms with E-state index in [0.29, 0.717) is 29.3 Å². The molecule has 0 aliphatic rings. The summed E-state index contributed by atoms with van der Waals surface area (Å²) in [5.41, 5.74) is 1.19. The summed E-state index contributed by atoms with van der Waals surface area (Å²) in [6.45, 7) is 1.68. The van der Waals surface area contributed by atoms with Crippen LogP contribution in [0.25, 0.3) is 11.3 Å². The van der Waals surface area contributed by atoms with Crippen molar-refractivity contribution in [2.24, 2.45) is 0 Å². The van der Waals surface area contributed by atoms with Crippen molar-refractivity contribution in [1.82, 2.24) is 5.32 Å². The number of carbonyl (C=O) groups is 2. The number of furan rings is 1. The van der Waals surface area contributed by atoms with Gasteiger partial charge in [-0.2, -0.15) is 11.8 Å². The van der Waals surface area contributed by atoms with Gasteiger partial charge in [-0.15, -0.1) is 0 Å². The van der Waals surface area contributed by atoms with Gasteiger partial charge >= 0.3 is 0 Å². The Labute approximate surface area is 139 Å². The van der Waals surface area contributed by atoms with E-state index in [1.165, 1.54) is 11.8 Å². The van der Waals surface area contributed by atoms with E-state index in [9.17, 15) is 14.7 Å². The van der Waals surface area contributed by atoms with Crippen LogP contribution in [-0.4, -0.2) is 29.9 Å². The van der Waals surface area contributed by atoms with E-state index in [1.54, 1.807) is 13.0 Å². The van der Waals surface area contributed by atoms with Crippen molar-refractivity contribution < 1.29 is 19.1 Å². The summed E-state index contributed by atoms with van der Waals surface area (Å²) in [4.78, 5) is 23.4. The van der Waals surface area contributed by atoms with Crippen LogP contribution in [0.2, 0.25) is 0 Å². The van der Waals surface area contributed by atoms with E-state index >= 15 is 0 Å². The van der Waals surface area contributed by atoms with Crippen molar-refractivity contribution in [3.05, 3.63) is 47.7 Å². The molecule has 5 nitrogen and oxygen atoms in total. The normalized spacial score (nSPS) is 11.9. The van der Waals surface area contributed by atoms with Gasteiger partial charge < -0.3 is 19.6 Å². The second-order valence-corrected chi connectivity index (χ2v) is 6.06. The molecule has 0 bridgehead atoms. The molecular formula is C17H18NO4S-. The Morgan fingerprint density at radius 2 is 2.00 bits per heavy atom. The fraction of sp³-hybridized carbons (Fsp3) is 0.294. The molecule has 1 aromatic carbocycles. The van der Waals surface area contributed by atoms with Crippen LogP contribution >= 0.6 is 11.8 Å². The summed E-state index contributed by atoms with van der Waals surface area (Å²) in [6.07, 6.45) is 2.19. The summed E-state index contributed by atoms with van der Waals surface area (Å²) in [5.74, 6) is -0.107. The second kappa shape index (κ2) is 7.87. The Kier molecular flexibility index (Phi) is 5.87. The monoisotopic (exact) mass is 332 g/mol. The Bertz CT molecular complexity index is 681. The summed E-state index contributed by atoms with van der Waals surface area (Å²) in [5, 5.41) is 13.6. The highest BCUT2D eigenvalue weighted by atomic mass is 32.2. The van der Waals surface area contributed by atoms with Gasteiger partial charge in [-0.3, -0.25) is 4.79 Å². The van der Waals surface area contributed by atoms with Crippen molar-refractivity contribution in [2.45, 2.75) is 19.4 Å². The third-order valence-corrected chi connectivity index (χ3v) is 4.07. The SMILES string of the molecule is CSCC[C@H](NC(=O)c1cc(-c2ccccc2)oc1C)C(=O)[O-]. The lowest BCUT2D eigenvalue weighted by Crippen LogP contribution is -2.48. The number of rotatable bonds is 7. The van der Waals surface area contributed by atoms with Crippen LogP contribution in [0.15, 0.2) is 40.8 Å². The second-order valence-electron chi connectivity index (χ2n) is 5.07. The summed E-state index contributed by atoms with van der Waals surface area (Å²) in [6, 6.07) is 10.0. The number of benzene rings is 1. The van der Waals surface area contributed by atoms with Crippen LogP contribution in [0.3, 0.4) is 0 Å². The molecule has 1 aromatic heterocycles. The van der Waals surface area contributed by atoms with Gasteiger partial charge in [-0.25, -0.2) is 0 Å². The topological polar surface area (TPSA) is 82.4 Å². The maximum absolute atomic E-state index is 12.3. The first kappa shape index (κ1) is 17.1. The summed E-state index contributed by atoms with van der Waals surface area (Å²) >= 11 is 1.51. The molecule has 1 heterocycles. The molecule has 0 fully saturated rings. The molecule has 2 rings (SSSR count). The van der Waals surface area contributed by atoms with Gasteiger partial charge in [0.2, 0.25) is 0 Å². The maximum Gasteiger partial charge on any atom is 0.255 e. The van der Waals surface area contributed by atoms with Crippen molar-refractivity contribution >= 4 is 23.6 Å². The van der Waals surface area contributed by atoms with Gasteiger partial charge in [0.1, 0.15) is 11.5 Å². The Morgan fingerprint density at radius 3 is 2.61 bits per heavy atom. The first-order valence-corrected chi connectivity index (χ1v) is 8.59. The number of aryl methyl sites for hydroxylation is 1. The molecule has 1 N–H and O–H groups in total. The highest BCUT2D eigenvalue weighted by Gasteiger charge is 2.19. The lowest BCUT2D eigenvalue weighted by atomic mass is 10.1. The molecular weight excluding hydrogens is 314 g/mol. The minimum absolute atomic E-state index is 0.317. The van der Waals surface area contributed by atoms with E-state index in [0.717, 1.165) is 5.56 Å². The number of thioether (sulfide) groups is 1. The van der Waals surface area contributed by atoms with Crippen molar-refractivity contribution in [3.8, 4) is 11.3 Å². The molecule has 0 aliphatic heterocycles. The highest BCUT2D eigenvalue weighted by molar-refractivity contribution is 7.98. The standard InChI is InChI=1S/C17H19NO4S/c1-11-13(10-15(22-11)12-6-4-3-5-7-12)16(19)18-14(17(20)21)8-9-23-2/h3-7,10,14H,8-9H2,1-2H3,(H,18,19)(H,20,21)/p-1/t14-/m0/s1. The largest absolute Gasteiger partial charge is 0.548 e. The molecule has 0 saturated carbocycles. The molecule has 0 radical (unpaired) electrons. The molecule has 0 aliphatic carbocycles. The first-order valence-electron chi connectivity index (χ1n) is 7.19. The highest BCUT2D eigenvalue weighted by Crippen LogP contribution is 2.25. The van der Waals surface area contributed by atoms with Crippen LogP contribution in [0, 0.1) is 6.92 Å². The molecule has 1 atom stereocenters. The van der Waals surface area contributed by atoms with E-state index in [4.69, 9.17) is 4.42 Å². The number of carboxylic acids is 1. The van der Waals surface area contributed by atoms with Crippen LogP contribution in [0.5, 0.6) is 0 Å². The maximum atomic E-state index is 12.3. The molecule has 6 heteroatoms. The lowest BCUT2D eigenvalue weighted by molar-refractivity contribution is -0.308. The minimum atomic E-state index is -1.28. The minimum Gasteiger partial charge on any atom is -0.548 e. The van der Waals surface area contributed by atoms with Gasteiger partial charge in [-0.1, -0.05) is 30.3 Å². The molecule has 0 spiro atoms. The summed E-state index contributed by atoms with van der Waals surface area (Å²) in [7, 11) is 0. The zero-order chi connectivity index (χ0) is 16.8. The number of amides is 1. The molecule has 2 aromatic rings. The van der Waals surface area contributed by atoms with E-state index in [-0.39, 0.29) is 0 Å². The van der Waals surface area contributed by atoms with Gasteiger partial charge in [0.25, 0.3) is 5.91 Å². The third-order valence-electron chi connectivity index (χ3n) is 3.42. The van der Waals surface area contributed by atoms with E-state index in [2.05, 4.69) is 5.32 Å². The number of aliphatic carboxylic acids is 1. The smallest absolute Gasteiger partial charge is 0.255 e. The zero-order valence-corrected chi connectivity index (χ0v) is 13.8. The third kappa shape index (κ3) is 4.39. The van der Waals surface area contributed by atoms with Gasteiger partial charge in [0.05, 0.1) is 17.6 Å². The zero-order valence-electron chi connectivity index (χ0n) is 13.0. The van der Waals surface area contributed by atoms with Gasteiger partial charge in [0.15, 0.2) is 0 Å². The number of hydrogen-bond acceptors (Lipinski definition) is 5. The lowest BCUT2D eigenvalue weighted by Gasteiger charge is -2.18. The number of carboxylic acid groups (broad SMARTS) is 1. The fourth-order valence-corrected chi connectivity index (χ4v) is 2.64. The Balaban J connectivity index is 2.16. The van der Waals surface area contributed by atoms with E-state index in [1.807, 2.05) is 36.6 Å². The fourth-order valence-electron chi connectivity index (χ4n) is 2.17. The number of nitrogens with one attached hydrogen (secondary N) is 1. The van der Waals surface area contributed by atoms with Crippen LogP contribution < -0.4 is 10.4 Å². The van der Waals surface area contributed by atoms with Crippen LogP contribution in [-0.2, 0) is 4.79 Å². The predicted molar refractivity (Wildman–Crippen MR) is 88.1 cm³/mol. The molecule has 0 saturated heterocycles. The molecule has 1 amide bonds. The number of carbonyl (C=O) groups excluding carboxylic acids is 2. The van der Waals surface area contributed by atoms with Crippen molar-refractivity contribution in [2.75, 3.05) is 12.0 Å². The van der Waals surface area contributed by atoms with Crippen molar-refractivity contribution in [3.63, 3.8) is 0 Å². The average molecular weight is 332 g/mol. The van der Waals surface area contributed by atoms with Gasteiger partial charge in [-0.05, 0) is 31.4 Å². The molecule has 23 heavy (non-hydrogen) atoms. The van der Waals surface area contributed by atoms with Crippen LogP contribution in [0.4, 0.5) is 0 Å². The Hall–Kier alpha value is -2.21. The average Bonchev–Trinajstić information content (AvgIpc) is 2.94. The van der Waals surface area contributed by atoms with Gasteiger partial charge in [0, 0.05) is 5.56 Å². The van der Waals surface area contributed by atoms with Crippen LogP contribution in [0.1, 0.15) is 22.5 Å². The first-order chi connectivity index (χ1) is 11.0. The Morgan fingerprint density at radius 1 is 1.30 bits per heavy atom. The molecule has 0 unspecified atom stereocenters. The molecule has 122 valence electrons. The number of hydrogen-bond donors (Lipinski definition) is 1.